The zero-order chi connectivity index (χ0) is 18.0. The zero-order valence-electron chi connectivity index (χ0n) is 13.5. The third-order valence-electron chi connectivity index (χ3n) is 4.11. The molecule has 1 aliphatic rings. The van der Waals surface area contributed by atoms with Crippen LogP contribution in [0.15, 0.2) is 53.9 Å². The van der Waals surface area contributed by atoms with E-state index in [-0.39, 0.29) is 17.7 Å². The predicted octanol–water partition coefficient (Wildman–Crippen LogP) is 2.45. The lowest BCUT2D eigenvalue weighted by atomic mass is 9.97. The Kier molecular flexibility index (Phi) is 4.28. The number of hydrazone groups is 1. The summed E-state index contributed by atoms with van der Waals surface area (Å²) in [6, 6.07) is 8.47. The first-order valence-corrected chi connectivity index (χ1v) is 7.74. The molecular weight excluding hydrogens is 324 g/mol. The van der Waals surface area contributed by atoms with Crippen molar-refractivity contribution in [1.29, 1.82) is 0 Å². The maximum atomic E-state index is 12.9. The standard InChI is InChI=1S/C17H16N4O4/c1-2-14-11-17(23,13-7-9-18-10-8-13)20(19-14)16(22)12-3-5-15(6-4-12)21(24)25/h3-10,23H,2,11H2,1H3/t17-/m0/s1. The molecule has 1 aromatic heterocycles. The second-order valence-electron chi connectivity index (χ2n) is 5.67. The van der Waals surface area contributed by atoms with E-state index in [1.165, 1.54) is 36.7 Å². The molecule has 0 unspecified atom stereocenters. The molecule has 2 heterocycles. The van der Waals surface area contributed by atoms with Crippen molar-refractivity contribution < 1.29 is 14.8 Å². The number of benzene rings is 1. The van der Waals surface area contributed by atoms with Crippen molar-refractivity contribution in [3.63, 3.8) is 0 Å². The summed E-state index contributed by atoms with van der Waals surface area (Å²) in [5.74, 6) is -0.530. The first kappa shape index (κ1) is 16.7. The summed E-state index contributed by atoms with van der Waals surface area (Å²) in [4.78, 5) is 27.0. The van der Waals surface area contributed by atoms with Crippen molar-refractivity contribution >= 4 is 17.3 Å². The SMILES string of the molecule is CCC1=NN(C(=O)c2ccc([N+](=O)[O-])cc2)[C@@](O)(c2ccncc2)C1. The van der Waals surface area contributed by atoms with Gasteiger partial charge in [-0.1, -0.05) is 6.92 Å². The van der Waals surface area contributed by atoms with Gasteiger partial charge in [0, 0.05) is 47.8 Å². The Morgan fingerprint density at radius 1 is 1.28 bits per heavy atom. The summed E-state index contributed by atoms with van der Waals surface area (Å²) < 4.78 is 0. The van der Waals surface area contributed by atoms with E-state index in [9.17, 15) is 20.0 Å². The second-order valence-corrected chi connectivity index (χ2v) is 5.67. The third kappa shape index (κ3) is 2.99. The lowest BCUT2D eigenvalue weighted by Crippen LogP contribution is -2.43. The second kappa shape index (κ2) is 6.40. The topological polar surface area (TPSA) is 109 Å². The predicted molar refractivity (Wildman–Crippen MR) is 89.7 cm³/mol. The van der Waals surface area contributed by atoms with Gasteiger partial charge in [-0.25, -0.2) is 0 Å². The van der Waals surface area contributed by atoms with Crippen LogP contribution in [-0.2, 0) is 5.72 Å². The Morgan fingerprint density at radius 3 is 2.48 bits per heavy atom. The van der Waals surface area contributed by atoms with Gasteiger partial charge in [0.2, 0.25) is 0 Å². The minimum Gasteiger partial charge on any atom is -0.365 e. The van der Waals surface area contributed by atoms with Crippen LogP contribution in [0.2, 0.25) is 0 Å². The number of rotatable bonds is 4. The number of non-ortho nitro benzene ring substituents is 1. The highest BCUT2D eigenvalue weighted by Gasteiger charge is 2.45. The van der Waals surface area contributed by atoms with Gasteiger partial charge in [0.25, 0.3) is 11.6 Å². The fourth-order valence-electron chi connectivity index (χ4n) is 2.72. The van der Waals surface area contributed by atoms with Crippen LogP contribution < -0.4 is 0 Å². The smallest absolute Gasteiger partial charge is 0.276 e. The minimum atomic E-state index is -1.60. The van der Waals surface area contributed by atoms with Crippen LogP contribution in [0.3, 0.4) is 0 Å². The Hall–Kier alpha value is -3.13. The minimum absolute atomic E-state index is 0.111. The van der Waals surface area contributed by atoms with Gasteiger partial charge in [0.15, 0.2) is 5.72 Å². The number of nitro groups is 1. The molecule has 1 aliphatic heterocycles. The van der Waals surface area contributed by atoms with Crippen LogP contribution >= 0.6 is 0 Å². The monoisotopic (exact) mass is 340 g/mol. The van der Waals surface area contributed by atoms with E-state index in [0.717, 1.165) is 5.01 Å². The highest BCUT2D eigenvalue weighted by Crippen LogP contribution is 2.36. The number of nitro benzene ring substituents is 1. The van der Waals surface area contributed by atoms with Gasteiger partial charge in [0.1, 0.15) is 0 Å². The number of carbonyl (C=O) groups is 1. The lowest BCUT2D eigenvalue weighted by molar-refractivity contribution is -0.384. The number of pyridine rings is 1. The largest absolute Gasteiger partial charge is 0.365 e. The van der Waals surface area contributed by atoms with Crippen LogP contribution in [0.5, 0.6) is 0 Å². The highest BCUT2D eigenvalue weighted by molar-refractivity contribution is 5.98. The van der Waals surface area contributed by atoms with Gasteiger partial charge in [-0.3, -0.25) is 19.9 Å². The molecule has 1 atom stereocenters. The Bertz CT molecular complexity index is 835. The van der Waals surface area contributed by atoms with Gasteiger partial charge >= 0.3 is 0 Å². The summed E-state index contributed by atoms with van der Waals surface area (Å²) >= 11 is 0. The molecule has 2 aromatic rings. The molecule has 0 radical (unpaired) electrons. The first-order chi connectivity index (χ1) is 12.0. The van der Waals surface area contributed by atoms with Crippen LogP contribution in [0.1, 0.15) is 35.7 Å². The summed E-state index contributed by atoms with van der Waals surface area (Å²) in [5.41, 5.74) is -0.313. The summed E-state index contributed by atoms with van der Waals surface area (Å²) in [7, 11) is 0. The molecule has 1 N–H and O–H groups in total. The van der Waals surface area contributed by atoms with Crippen molar-refractivity contribution in [2.24, 2.45) is 5.10 Å². The molecule has 0 spiro atoms. The molecule has 1 aromatic carbocycles. The van der Waals surface area contributed by atoms with Crippen LogP contribution in [0, 0.1) is 10.1 Å². The average molecular weight is 340 g/mol. The first-order valence-electron chi connectivity index (χ1n) is 7.74. The molecule has 25 heavy (non-hydrogen) atoms. The van der Waals surface area contributed by atoms with Gasteiger partial charge in [0.05, 0.1) is 4.92 Å². The van der Waals surface area contributed by atoms with Crippen molar-refractivity contribution in [1.82, 2.24) is 9.99 Å². The van der Waals surface area contributed by atoms with Gasteiger partial charge in [-0.05, 0) is 30.7 Å². The van der Waals surface area contributed by atoms with E-state index in [2.05, 4.69) is 10.1 Å². The van der Waals surface area contributed by atoms with E-state index in [0.29, 0.717) is 17.7 Å². The molecule has 3 rings (SSSR count). The molecule has 0 saturated heterocycles. The zero-order valence-corrected chi connectivity index (χ0v) is 13.5. The maximum absolute atomic E-state index is 12.9. The van der Waals surface area contributed by atoms with Crippen molar-refractivity contribution in [2.45, 2.75) is 25.5 Å². The Balaban J connectivity index is 1.98. The van der Waals surface area contributed by atoms with Gasteiger partial charge in [-0.2, -0.15) is 10.1 Å². The number of carbonyl (C=O) groups excluding carboxylic acids is 1. The fourth-order valence-corrected chi connectivity index (χ4v) is 2.72. The number of hydrogen-bond donors (Lipinski definition) is 1. The molecule has 8 nitrogen and oxygen atoms in total. The summed E-state index contributed by atoms with van der Waals surface area (Å²) in [6.07, 6.45) is 3.86. The number of amides is 1. The van der Waals surface area contributed by atoms with Crippen LogP contribution in [-0.4, -0.2) is 31.6 Å². The van der Waals surface area contributed by atoms with E-state index < -0.39 is 16.6 Å². The highest BCUT2D eigenvalue weighted by atomic mass is 16.6. The van der Waals surface area contributed by atoms with E-state index in [1.807, 2.05) is 6.92 Å². The molecule has 0 aliphatic carbocycles. The van der Waals surface area contributed by atoms with Gasteiger partial charge < -0.3 is 5.11 Å². The number of nitrogens with zero attached hydrogens (tertiary/aromatic N) is 4. The molecular formula is C17H16N4O4. The van der Waals surface area contributed by atoms with E-state index in [1.54, 1.807) is 12.1 Å². The fraction of sp³-hybridized carbons (Fsp3) is 0.235. The van der Waals surface area contributed by atoms with Crippen LogP contribution in [0.25, 0.3) is 0 Å². The maximum Gasteiger partial charge on any atom is 0.276 e. The molecule has 1 amide bonds. The van der Waals surface area contributed by atoms with Crippen molar-refractivity contribution in [3.8, 4) is 0 Å². The summed E-state index contributed by atoms with van der Waals surface area (Å²) in [5, 5.41) is 27.2. The molecule has 128 valence electrons. The molecule has 0 bridgehead atoms. The number of aliphatic hydroxyl groups is 1. The third-order valence-corrected chi connectivity index (χ3v) is 4.11. The van der Waals surface area contributed by atoms with Gasteiger partial charge in [-0.15, -0.1) is 0 Å². The number of aromatic nitrogens is 1. The molecule has 0 saturated carbocycles. The Labute approximate surface area is 143 Å². The van der Waals surface area contributed by atoms with E-state index in [4.69, 9.17) is 0 Å². The number of hydrogen-bond acceptors (Lipinski definition) is 6. The van der Waals surface area contributed by atoms with E-state index >= 15 is 0 Å². The van der Waals surface area contributed by atoms with Crippen molar-refractivity contribution in [2.75, 3.05) is 0 Å². The van der Waals surface area contributed by atoms with Crippen LogP contribution in [0.4, 0.5) is 5.69 Å². The molecule has 0 fully saturated rings. The van der Waals surface area contributed by atoms with Crippen molar-refractivity contribution in [3.05, 3.63) is 70.0 Å². The Morgan fingerprint density at radius 2 is 1.92 bits per heavy atom. The lowest BCUT2D eigenvalue weighted by Gasteiger charge is -2.31. The normalized spacial score (nSPS) is 19.6. The average Bonchev–Trinajstić information content (AvgIpc) is 3.00. The summed E-state index contributed by atoms with van der Waals surface area (Å²) in [6.45, 7) is 1.89. The molecule has 8 heteroatoms. The quantitative estimate of drug-likeness (QED) is 0.679.